The fraction of sp³-hybridized carbons (Fsp3) is 0.462. The Morgan fingerprint density at radius 2 is 2.00 bits per heavy atom. The predicted octanol–water partition coefficient (Wildman–Crippen LogP) is 1.81. The molecule has 2 aliphatic rings. The molecule has 1 aromatic rings. The van der Waals surface area contributed by atoms with E-state index in [1.165, 1.54) is 0 Å². The zero-order valence-corrected chi connectivity index (χ0v) is 10.1. The molecule has 1 aromatic carbocycles. The second kappa shape index (κ2) is 4.01. The fourth-order valence-electron chi connectivity index (χ4n) is 2.40. The lowest BCUT2D eigenvalue weighted by molar-refractivity contribution is -0.140. The molecule has 1 fully saturated rings. The van der Waals surface area contributed by atoms with E-state index < -0.39 is 23.0 Å². The predicted molar refractivity (Wildman–Crippen MR) is 62.2 cm³/mol. The van der Waals surface area contributed by atoms with E-state index in [9.17, 15) is 19.4 Å². The van der Waals surface area contributed by atoms with E-state index in [4.69, 9.17) is 9.47 Å². The topological polar surface area (TPSA) is 76.0 Å². The molecule has 0 spiro atoms. The minimum absolute atomic E-state index is 0.0110. The van der Waals surface area contributed by atoms with Gasteiger partial charge in [0, 0.05) is 12.5 Å². The van der Waals surface area contributed by atoms with Gasteiger partial charge < -0.3 is 19.7 Å². The van der Waals surface area contributed by atoms with Gasteiger partial charge in [0.2, 0.25) is 0 Å². The number of benzene rings is 1. The smallest absolute Gasteiger partial charge is 0.314 e. The molecule has 3 rings (SSSR count). The van der Waals surface area contributed by atoms with Gasteiger partial charge in [-0.1, -0.05) is 0 Å². The average Bonchev–Trinajstić information content (AvgIpc) is 3.15. The molecule has 5 nitrogen and oxygen atoms in total. The van der Waals surface area contributed by atoms with E-state index >= 15 is 0 Å². The van der Waals surface area contributed by atoms with Gasteiger partial charge in [-0.2, -0.15) is 0 Å². The number of halogens is 1. The zero-order valence-electron chi connectivity index (χ0n) is 10.1. The summed E-state index contributed by atoms with van der Waals surface area (Å²) in [6.07, 6.45) is 1.33. The Bertz CT molecular complexity index is 550. The van der Waals surface area contributed by atoms with Crippen LogP contribution in [0.25, 0.3) is 0 Å². The number of carbonyl (C=O) groups is 1. The first-order valence-corrected chi connectivity index (χ1v) is 6.11. The summed E-state index contributed by atoms with van der Waals surface area (Å²) in [5.74, 6) is -2.29. The maximum absolute atomic E-state index is 13.7. The van der Waals surface area contributed by atoms with Crippen LogP contribution in [0.3, 0.4) is 0 Å². The first kappa shape index (κ1) is 12.1. The van der Waals surface area contributed by atoms with Crippen LogP contribution in [0.15, 0.2) is 6.07 Å². The normalized spacial score (nSPS) is 19.6. The van der Waals surface area contributed by atoms with Gasteiger partial charge in [0.15, 0.2) is 23.1 Å². The van der Waals surface area contributed by atoms with Crippen molar-refractivity contribution in [3.63, 3.8) is 0 Å². The summed E-state index contributed by atoms with van der Waals surface area (Å²) in [4.78, 5) is 11.4. The van der Waals surface area contributed by atoms with E-state index in [0.29, 0.717) is 32.5 Å². The van der Waals surface area contributed by atoms with Crippen molar-refractivity contribution in [1.29, 1.82) is 0 Å². The molecule has 1 saturated carbocycles. The largest absolute Gasteiger partial charge is 0.505 e. The van der Waals surface area contributed by atoms with E-state index in [1.807, 2.05) is 0 Å². The van der Waals surface area contributed by atoms with Crippen LogP contribution < -0.4 is 9.47 Å². The molecule has 1 heterocycles. The Labute approximate surface area is 108 Å². The van der Waals surface area contributed by atoms with E-state index in [1.54, 1.807) is 0 Å². The maximum Gasteiger partial charge on any atom is 0.314 e. The van der Waals surface area contributed by atoms with Crippen molar-refractivity contribution in [2.45, 2.75) is 24.7 Å². The van der Waals surface area contributed by atoms with Gasteiger partial charge in [-0.05, 0) is 12.8 Å². The number of phenolic OH excluding ortho intramolecular Hbond substituents is 1. The highest BCUT2D eigenvalue weighted by atomic mass is 19.1. The molecular formula is C13H13FO5. The number of aliphatic carboxylic acids is 1. The quantitative estimate of drug-likeness (QED) is 0.855. The van der Waals surface area contributed by atoms with Gasteiger partial charge in [-0.15, -0.1) is 0 Å². The van der Waals surface area contributed by atoms with Crippen molar-refractivity contribution >= 4 is 5.97 Å². The number of fused-ring (bicyclic) bond motifs is 1. The summed E-state index contributed by atoms with van der Waals surface area (Å²) in [7, 11) is 0. The lowest BCUT2D eigenvalue weighted by atomic mass is 9.93. The molecule has 0 atom stereocenters. The first-order valence-electron chi connectivity index (χ1n) is 6.11. The Morgan fingerprint density at radius 3 is 2.63 bits per heavy atom. The molecular weight excluding hydrogens is 255 g/mol. The lowest BCUT2D eigenvalue weighted by Crippen LogP contribution is -2.21. The van der Waals surface area contributed by atoms with Crippen molar-refractivity contribution < 1.29 is 28.9 Å². The van der Waals surface area contributed by atoms with Crippen molar-refractivity contribution in [3.05, 3.63) is 17.4 Å². The molecule has 0 saturated heterocycles. The van der Waals surface area contributed by atoms with Crippen molar-refractivity contribution in [1.82, 2.24) is 0 Å². The number of aromatic hydroxyl groups is 1. The zero-order chi connectivity index (χ0) is 13.6. The summed E-state index contributed by atoms with van der Waals surface area (Å²) in [5.41, 5.74) is -1.24. The molecule has 19 heavy (non-hydrogen) atoms. The second-order valence-corrected chi connectivity index (χ2v) is 4.85. The van der Waals surface area contributed by atoms with Gasteiger partial charge in [0.1, 0.15) is 5.41 Å². The third-order valence-corrected chi connectivity index (χ3v) is 3.60. The number of hydrogen-bond acceptors (Lipinski definition) is 4. The lowest BCUT2D eigenvalue weighted by Gasteiger charge is -2.19. The van der Waals surface area contributed by atoms with Crippen LogP contribution in [0.2, 0.25) is 0 Å². The summed E-state index contributed by atoms with van der Waals surface area (Å²) in [6, 6.07) is 1.04. The van der Waals surface area contributed by atoms with Crippen LogP contribution in [0.4, 0.5) is 4.39 Å². The molecule has 2 N–H and O–H groups in total. The molecule has 0 radical (unpaired) electrons. The Morgan fingerprint density at radius 1 is 1.32 bits per heavy atom. The SMILES string of the molecule is O=C(O)C1(c2c(O)c(F)cc3c2OCCCO3)CC1. The molecule has 102 valence electrons. The standard InChI is InChI=1S/C13H13FO5/c14-7-6-8-11(19-5-1-4-18-8)9(10(7)15)13(2-3-13)12(16)17/h6,15H,1-5H2,(H,16,17). The van der Waals surface area contributed by atoms with Crippen molar-refractivity contribution in [2.75, 3.05) is 13.2 Å². The number of ether oxygens (including phenoxy) is 2. The summed E-state index contributed by atoms with van der Waals surface area (Å²) in [6.45, 7) is 0.720. The minimum Gasteiger partial charge on any atom is -0.505 e. The second-order valence-electron chi connectivity index (χ2n) is 4.85. The van der Waals surface area contributed by atoms with Crippen LogP contribution in [0.1, 0.15) is 24.8 Å². The molecule has 1 aliphatic carbocycles. The molecule has 6 heteroatoms. The number of carboxylic acids is 1. The van der Waals surface area contributed by atoms with E-state index in [-0.39, 0.29) is 17.1 Å². The van der Waals surface area contributed by atoms with Crippen molar-refractivity contribution in [2.24, 2.45) is 0 Å². The summed E-state index contributed by atoms with van der Waals surface area (Å²) in [5, 5.41) is 19.2. The number of carboxylic acid groups (broad SMARTS) is 1. The first-order chi connectivity index (χ1) is 9.06. The van der Waals surface area contributed by atoms with Gasteiger partial charge in [0.25, 0.3) is 0 Å². The van der Waals surface area contributed by atoms with Crippen LogP contribution in [-0.2, 0) is 10.2 Å². The molecule has 0 amide bonds. The van der Waals surface area contributed by atoms with Crippen LogP contribution in [0.5, 0.6) is 17.2 Å². The third kappa shape index (κ3) is 1.70. The minimum atomic E-state index is -1.25. The van der Waals surface area contributed by atoms with Gasteiger partial charge in [0.05, 0.1) is 18.8 Å². The van der Waals surface area contributed by atoms with Gasteiger partial charge in [-0.3, -0.25) is 4.79 Å². The Balaban J connectivity index is 2.22. The highest BCUT2D eigenvalue weighted by molar-refractivity contribution is 5.88. The maximum atomic E-state index is 13.7. The Hall–Kier alpha value is -1.98. The van der Waals surface area contributed by atoms with Gasteiger partial charge >= 0.3 is 5.97 Å². The highest BCUT2D eigenvalue weighted by Crippen LogP contribution is 2.57. The van der Waals surface area contributed by atoms with Crippen molar-refractivity contribution in [3.8, 4) is 17.2 Å². The average molecular weight is 268 g/mol. The molecule has 0 aromatic heterocycles. The van der Waals surface area contributed by atoms with Gasteiger partial charge in [-0.25, -0.2) is 4.39 Å². The number of phenols is 1. The van der Waals surface area contributed by atoms with Crippen LogP contribution in [0, 0.1) is 5.82 Å². The van der Waals surface area contributed by atoms with E-state index in [0.717, 1.165) is 6.07 Å². The molecule has 1 aliphatic heterocycles. The highest BCUT2D eigenvalue weighted by Gasteiger charge is 2.56. The summed E-state index contributed by atoms with van der Waals surface area (Å²) < 4.78 is 24.6. The van der Waals surface area contributed by atoms with Crippen LogP contribution in [-0.4, -0.2) is 29.4 Å². The monoisotopic (exact) mass is 268 g/mol. The number of rotatable bonds is 2. The molecule has 0 bridgehead atoms. The fourth-order valence-corrected chi connectivity index (χ4v) is 2.40. The Kier molecular flexibility index (Phi) is 2.55. The molecule has 0 unspecified atom stereocenters. The van der Waals surface area contributed by atoms with E-state index in [2.05, 4.69) is 0 Å². The summed E-state index contributed by atoms with van der Waals surface area (Å²) >= 11 is 0. The number of hydrogen-bond donors (Lipinski definition) is 2. The third-order valence-electron chi connectivity index (χ3n) is 3.60. The van der Waals surface area contributed by atoms with Crippen LogP contribution >= 0.6 is 0 Å².